The van der Waals surface area contributed by atoms with Gasteiger partial charge in [0.05, 0.1) is 4.90 Å². The van der Waals surface area contributed by atoms with Gasteiger partial charge in [0.15, 0.2) is 0 Å². The Balaban J connectivity index is 2.36. The summed E-state index contributed by atoms with van der Waals surface area (Å²) in [4.78, 5) is 11.4. The van der Waals surface area contributed by atoms with E-state index in [0.717, 1.165) is 0 Å². The fourth-order valence-electron chi connectivity index (χ4n) is 1.74. The van der Waals surface area contributed by atoms with Gasteiger partial charge in [0.25, 0.3) is 0 Å². The zero-order valence-electron chi connectivity index (χ0n) is 10.9. The maximum atomic E-state index is 12.1. The van der Waals surface area contributed by atoms with Crippen molar-refractivity contribution >= 4 is 38.9 Å². The van der Waals surface area contributed by atoms with Crippen molar-refractivity contribution in [2.24, 2.45) is 0 Å². The van der Waals surface area contributed by atoms with Gasteiger partial charge in [0.1, 0.15) is 6.04 Å². The van der Waals surface area contributed by atoms with Gasteiger partial charge in [0, 0.05) is 10.4 Å². The molecule has 112 valence electrons. The first-order valence-electron chi connectivity index (χ1n) is 5.84. The number of nitrogens with one attached hydrogen (secondary N) is 1. The predicted octanol–water partition coefficient (Wildman–Crippen LogP) is 2.81. The molecule has 0 aliphatic carbocycles. The Bertz CT molecular complexity index is 756. The molecule has 0 bridgehead atoms. The van der Waals surface area contributed by atoms with E-state index in [1.165, 1.54) is 28.8 Å². The summed E-state index contributed by atoms with van der Waals surface area (Å²) in [5.74, 6) is -1.28. The molecule has 0 radical (unpaired) electrons. The van der Waals surface area contributed by atoms with E-state index in [9.17, 15) is 18.3 Å². The lowest BCUT2D eigenvalue weighted by atomic mass is 10.1. The fourth-order valence-corrected chi connectivity index (χ4v) is 4.06. The molecule has 2 aromatic rings. The Morgan fingerprint density at radius 3 is 2.62 bits per heavy atom. The number of aliphatic carboxylic acids is 1. The van der Waals surface area contributed by atoms with E-state index in [1.807, 2.05) is 0 Å². The highest BCUT2D eigenvalue weighted by Crippen LogP contribution is 2.23. The lowest BCUT2D eigenvalue weighted by molar-refractivity contribution is -0.139. The molecule has 1 aromatic carbocycles. The van der Waals surface area contributed by atoms with Gasteiger partial charge in [-0.05, 0) is 35.6 Å². The topological polar surface area (TPSA) is 83.5 Å². The van der Waals surface area contributed by atoms with E-state index in [4.69, 9.17) is 11.6 Å². The van der Waals surface area contributed by atoms with Crippen LogP contribution in [0.2, 0.25) is 5.02 Å². The van der Waals surface area contributed by atoms with E-state index in [0.29, 0.717) is 16.1 Å². The van der Waals surface area contributed by atoms with Gasteiger partial charge in [-0.25, -0.2) is 8.42 Å². The van der Waals surface area contributed by atoms with Crippen LogP contribution >= 0.6 is 22.9 Å². The van der Waals surface area contributed by atoms with Gasteiger partial charge < -0.3 is 5.11 Å². The molecule has 0 amide bonds. The Hall–Kier alpha value is -1.41. The lowest BCUT2D eigenvalue weighted by Crippen LogP contribution is -2.33. The van der Waals surface area contributed by atoms with Gasteiger partial charge in [-0.2, -0.15) is 16.1 Å². The summed E-state index contributed by atoms with van der Waals surface area (Å²) in [5.41, 5.74) is 0.998. The fraction of sp³-hybridized carbons (Fsp3) is 0.154. The van der Waals surface area contributed by atoms with Crippen LogP contribution in [0.15, 0.2) is 39.9 Å². The highest BCUT2D eigenvalue weighted by Gasteiger charge is 2.27. The molecule has 1 heterocycles. The number of carboxylic acids is 1. The van der Waals surface area contributed by atoms with Crippen LogP contribution in [0.25, 0.3) is 0 Å². The molecular formula is C13H12ClNO4S2. The van der Waals surface area contributed by atoms with E-state index >= 15 is 0 Å². The first-order chi connectivity index (χ1) is 9.81. The second-order valence-electron chi connectivity index (χ2n) is 4.36. The van der Waals surface area contributed by atoms with E-state index in [1.54, 1.807) is 24.4 Å². The molecule has 2 rings (SSSR count). The Labute approximate surface area is 131 Å². The first-order valence-corrected chi connectivity index (χ1v) is 8.65. The summed E-state index contributed by atoms with van der Waals surface area (Å²) in [7, 11) is -3.89. The normalized spacial score (nSPS) is 13.0. The van der Waals surface area contributed by atoms with Crippen LogP contribution in [0, 0.1) is 6.92 Å². The minimum Gasteiger partial charge on any atom is -0.480 e. The van der Waals surface area contributed by atoms with E-state index < -0.39 is 22.0 Å². The summed E-state index contributed by atoms with van der Waals surface area (Å²) < 4.78 is 26.5. The van der Waals surface area contributed by atoms with Crippen LogP contribution in [0.4, 0.5) is 0 Å². The third-order valence-electron chi connectivity index (χ3n) is 2.84. The number of benzene rings is 1. The Kier molecular flexibility index (Phi) is 4.67. The average Bonchev–Trinajstić information content (AvgIpc) is 2.94. The number of hydrogen-bond acceptors (Lipinski definition) is 4. The molecular weight excluding hydrogens is 334 g/mol. The van der Waals surface area contributed by atoms with Gasteiger partial charge in [-0.15, -0.1) is 0 Å². The number of carbonyl (C=O) groups is 1. The summed E-state index contributed by atoms with van der Waals surface area (Å²) in [6, 6.07) is 4.63. The van der Waals surface area contributed by atoms with Crippen molar-refractivity contribution in [3.05, 3.63) is 51.2 Å². The second kappa shape index (κ2) is 6.15. The van der Waals surface area contributed by atoms with Gasteiger partial charge in [-0.3, -0.25) is 4.79 Å². The van der Waals surface area contributed by atoms with Crippen molar-refractivity contribution in [1.29, 1.82) is 0 Å². The molecule has 1 unspecified atom stereocenters. The first kappa shape index (κ1) is 16.0. The number of aryl methyl sites for hydroxylation is 1. The molecule has 0 aliphatic heterocycles. The maximum absolute atomic E-state index is 12.1. The molecule has 0 saturated heterocycles. The largest absolute Gasteiger partial charge is 0.480 e. The molecule has 5 nitrogen and oxygen atoms in total. The van der Waals surface area contributed by atoms with E-state index in [-0.39, 0.29) is 4.90 Å². The number of carboxylic acid groups (broad SMARTS) is 1. The SMILES string of the molecule is Cc1cc(C(NS(=O)(=O)c2ccsc2)C(=O)O)ccc1Cl. The average molecular weight is 346 g/mol. The van der Waals surface area contributed by atoms with Crippen molar-refractivity contribution in [3.8, 4) is 0 Å². The number of thiophene rings is 1. The zero-order chi connectivity index (χ0) is 15.6. The molecule has 0 spiro atoms. The summed E-state index contributed by atoms with van der Waals surface area (Å²) in [5, 5.41) is 12.8. The zero-order valence-corrected chi connectivity index (χ0v) is 13.3. The standard InChI is InChI=1S/C13H12ClNO4S2/c1-8-6-9(2-3-11(8)14)12(13(16)17)15-21(18,19)10-4-5-20-7-10/h2-7,12,15H,1H3,(H,16,17). The van der Waals surface area contributed by atoms with Crippen LogP contribution in [0.3, 0.4) is 0 Å². The van der Waals surface area contributed by atoms with Crippen molar-refractivity contribution in [3.63, 3.8) is 0 Å². The maximum Gasteiger partial charge on any atom is 0.326 e. The van der Waals surface area contributed by atoms with Crippen LogP contribution in [-0.2, 0) is 14.8 Å². The molecule has 2 N–H and O–H groups in total. The number of halogens is 1. The van der Waals surface area contributed by atoms with Crippen molar-refractivity contribution in [2.75, 3.05) is 0 Å². The number of hydrogen-bond donors (Lipinski definition) is 2. The summed E-state index contributed by atoms with van der Waals surface area (Å²) in [6.07, 6.45) is 0. The van der Waals surface area contributed by atoms with Crippen molar-refractivity contribution in [1.82, 2.24) is 4.72 Å². The Morgan fingerprint density at radius 1 is 1.38 bits per heavy atom. The third kappa shape index (κ3) is 3.62. The van der Waals surface area contributed by atoms with Gasteiger partial charge >= 0.3 is 5.97 Å². The summed E-state index contributed by atoms with van der Waals surface area (Å²) >= 11 is 7.11. The quantitative estimate of drug-likeness (QED) is 0.872. The van der Waals surface area contributed by atoms with E-state index in [2.05, 4.69) is 4.72 Å². The molecule has 0 saturated carbocycles. The molecule has 1 aromatic heterocycles. The smallest absolute Gasteiger partial charge is 0.326 e. The van der Waals surface area contributed by atoms with Crippen LogP contribution in [-0.4, -0.2) is 19.5 Å². The molecule has 21 heavy (non-hydrogen) atoms. The van der Waals surface area contributed by atoms with Crippen LogP contribution in [0.1, 0.15) is 17.2 Å². The van der Waals surface area contributed by atoms with Gasteiger partial charge in [0.2, 0.25) is 10.0 Å². The third-order valence-corrected chi connectivity index (χ3v) is 5.52. The van der Waals surface area contributed by atoms with Gasteiger partial charge in [-0.1, -0.05) is 23.7 Å². The highest BCUT2D eigenvalue weighted by molar-refractivity contribution is 7.89. The molecule has 0 fully saturated rings. The summed E-state index contributed by atoms with van der Waals surface area (Å²) in [6.45, 7) is 1.72. The van der Waals surface area contributed by atoms with Crippen molar-refractivity contribution < 1.29 is 18.3 Å². The van der Waals surface area contributed by atoms with Crippen LogP contribution in [0.5, 0.6) is 0 Å². The Morgan fingerprint density at radius 2 is 2.10 bits per heavy atom. The lowest BCUT2D eigenvalue weighted by Gasteiger charge is -2.15. The molecule has 8 heteroatoms. The number of rotatable bonds is 5. The van der Waals surface area contributed by atoms with Crippen LogP contribution < -0.4 is 4.72 Å². The minimum atomic E-state index is -3.89. The second-order valence-corrected chi connectivity index (χ2v) is 7.26. The monoisotopic (exact) mass is 345 g/mol. The molecule has 0 aliphatic rings. The highest BCUT2D eigenvalue weighted by atomic mass is 35.5. The minimum absolute atomic E-state index is 0.0458. The number of sulfonamides is 1. The molecule has 1 atom stereocenters. The predicted molar refractivity (Wildman–Crippen MR) is 81.2 cm³/mol. The van der Waals surface area contributed by atoms with Crippen molar-refractivity contribution in [2.45, 2.75) is 17.9 Å².